The second kappa shape index (κ2) is 4.69. The molecule has 0 spiro atoms. The summed E-state index contributed by atoms with van der Waals surface area (Å²) in [4.78, 5) is 10.9. The quantitative estimate of drug-likeness (QED) is 0.728. The molecule has 2 rings (SSSR count). The Kier molecular flexibility index (Phi) is 3.40. The molecule has 1 aromatic heterocycles. The zero-order chi connectivity index (χ0) is 13.3. The van der Waals surface area contributed by atoms with E-state index in [9.17, 15) is 13.2 Å². The normalized spacial score (nSPS) is 24.3. The van der Waals surface area contributed by atoms with Crippen molar-refractivity contribution < 1.29 is 18.3 Å². The van der Waals surface area contributed by atoms with Crippen molar-refractivity contribution in [1.82, 2.24) is 14.9 Å². The minimum Gasteiger partial charge on any atom is -0.481 e. The molecule has 1 aliphatic carbocycles. The first-order valence-electron chi connectivity index (χ1n) is 5.65. The first-order chi connectivity index (χ1) is 8.40. The monoisotopic (exact) mass is 273 g/mol. The maximum absolute atomic E-state index is 12.0. The topological polar surface area (TPSA) is 112 Å². The summed E-state index contributed by atoms with van der Waals surface area (Å²) in [5, 5.41) is 15.1. The number of carboxylic acids is 1. The number of sulfonamides is 1. The number of carboxylic acid groups (broad SMARTS) is 1. The number of hydrogen-bond donors (Lipinski definition) is 3. The molecule has 1 fully saturated rings. The van der Waals surface area contributed by atoms with Gasteiger partial charge in [0.05, 0.1) is 17.8 Å². The van der Waals surface area contributed by atoms with Crippen molar-refractivity contribution in [1.29, 1.82) is 0 Å². The van der Waals surface area contributed by atoms with Crippen molar-refractivity contribution in [2.75, 3.05) is 0 Å². The Morgan fingerprint density at radius 3 is 2.78 bits per heavy atom. The van der Waals surface area contributed by atoms with E-state index in [0.717, 1.165) is 0 Å². The molecule has 3 N–H and O–H groups in total. The summed E-state index contributed by atoms with van der Waals surface area (Å²) in [5.41, 5.74) is 0.468. The molecular weight excluding hydrogens is 258 g/mol. The first-order valence-corrected chi connectivity index (χ1v) is 7.13. The van der Waals surface area contributed by atoms with Gasteiger partial charge in [-0.05, 0) is 26.2 Å². The highest BCUT2D eigenvalue weighted by atomic mass is 32.2. The van der Waals surface area contributed by atoms with Gasteiger partial charge in [0, 0.05) is 6.04 Å². The fourth-order valence-electron chi connectivity index (χ4n) is 2.21. The van der Waals surface area contributed by atoms with E-state index in [1.807, 2.05) is 0 Å². The van der Waals surface area contributed by atoms with E-state index in [2.05, 4.69) is 14.9 Å². The van der Waals surface area contributed by atoms with Crippen LogP contribution in [0.2, 0.25) is 0 Å². The van der Waals surface area contributed by atoms with Gasteiger partial charge in [-0.15, -0.1) is 0 Å². The van der Waals surface area contributed by atoms with Gasteiger partial charge in [-0.1, -0.05) is 0 Å². The predicted molar refractivity (Wildman–Crippen MR) is 62.4 cm³/mol. The molecule has 2 unspecified atom stereocenters. The minimum atomic E-state index is -3.62. The third-order valence-electron chi connectivity index (χ3n) is 3.18. The highest BCUT2D eigenvalue weighted by molar-refractivity contribution is 7.89. The van der Waals surface area contributed by atoms with Crippen LogP contribution in [0, 0.1) is 12.8 Å². The second-order valence-electron chi connectivity index (χ2n) is 4.53. The average molecular weight is 273 g/mol. The number of H-pyrrole nitrogens is 1. The van der Waals surface area contributed by atoms with Gasteiger partial charge in [-0.2, -0.15) is 5.10 Å². The molecule has 8 heteroatoms. The predicted octanol–water partition coefficient (Wildman–Crippen LogP) is 0.250. The minimum absolute atomic E-state index is 0.112. The van der Waals surface area contributed by atoms with Crippen LogP contribution in [0.3, 0.4) is 0 Å². The summed E-state index contributed by atoms with van der Waals surface area (Å²) >= 11 is 0. The smallest absolute Gasteiger partial charge is 0.306 e. The zero-order valence-electron chi connectivity index (χ0n) is 9.88. The van der Waals surface area contributed by atoms with E-state index in [4.69, 9.17) is 5.11 Å². The number of rotatable bonds is 4. The van der Waals surface area contributed by atoms with Crippen LogP contribution < -0.4 is 4.72 Å². The average Bonchev–Trinajstić information content (AvgIpc) is 2.86. The van der Waals surface area contributed by atoms with Gasteiger partial charge in [0.1, 0.15) is 4.90 Å². The number of hydrogen-bond acceptors (Lipinski definition) is 4. The molecule has 0 aromatic carbocycles. The number of carbonyl (C=O) groups is 1. The number of aryl methyl sites for hydroxylation is 1. The first kappa shape index (κ1) is 13.0. The summed E-state index contributed by atoms with van der Waals surface area (Å²) in [6.45, 7) is 1.62. The van der Waals surface area contributed by atoms with Crippen molar-refractivity contribution >= 4 is 16.0 Å². The largest absolute Gasteiger partial charge is 0.481 e. The lowest BCUT2D eigenvalue weighted by molar-refractivity contribution is -0.141. The van der Waals surface area contributed by atoms with Crippen LogP contribution in [-0.2, 0) is 14.8 Å². The lowest BCUT2D eigenvalue weighted by Gasteiger charge is -2.12. The third-order valence-corrected chi connectivity index (χ3v) is 4.81. The van der Waals surface area contributed by atoms with Crippen LogP contribution in [0.4, 0.5) is 0 Å². The van der Waals surface area contributed by atoms with Crippen LogP contribution in [0.1, 0.15) is 25.0 Å². The second-order valence-corrected chi connectivity index (χ2v) is 6.21. The number of nitrogens with zero attached hydrogens (tertiary/aromatic N) is 1. The van der Waals surface area contributed by atoms with Crippen molar-refractivity contribution in [2.45, 2.75) is 37.1 Å². The number of aromatic amines is 1. The molecule has 0 radical (unpaired) electrons. The van der Waals surface area contributed by atoms with Crippen LogP contribution in [0.5, 0.6) is 0 Å². The van der Waals surface area contributed by atoms with Gasteiger partial charge in [0.2, 0.25) is 10.0 Å². The van der Waals surface area contributed by atoms with Gasteiger partial charge in [-0.3, -0.25) is 9.89 Å². The standard InChI is InChI=1S/C10H15N3O4S/c1-6-9(5-11-12-6)18(16,17)13-8-3-2-7(4-8)10(14)15/h5,7-8,13H,2-4H2,1H3,(H,11,12)(H,14,15). The molecule has 1 aliphatic rings. The SMILES string of the molecule is Cc1[nH]ncc1S(=O)(=O)NC1CCC(C(=O)O)C1. The van der Waals surface area contributed by atoms with Crippen molar-refractivity contribution in [3.63, 3.8) is 0 Å². The van der Waals surface area contributed by atoms with E-state index in [0.29, 0.717) is 25.0 Å². The third kappa shape index (κ3) is 2.54. The van der Waals surface area contributed by atoms with E-state index < -0.39 is 21.9 Å². The van der Waals surface area contributed by atoms with Gasteiger partial charge in [-0.25, -0.2) is 13.1 Å². The summed E-state index contributed by atoms with van der Waals surface area (Å²) < 4.78 is 26.6. The van der Waals surface area contributed by atoms with Crippen molar-refractivity contribution in [3.05, 3.63) is 11.9 Å². The van der Waals surface area contributed by atoms with Crippen LogP contribution in [0.25, 0.3) is 0 Å². The van der Waals surface area contributed by atoms with Gasteiger partial charge >= 0.3 is 5.97 Å². The molecule has 0 amide bonds. The lowest BCUT2D eigenvalue weighted by atomic mass is 10.1. The fourth-order valence-corrected chi connectivity index (χ4v) is 3.63. The van der Waals surface area contributed by atoms with Crippen LogP contribution in [0.15, 0.2) is 11.1 Å². The Morgan fingerprint density at radius 1 is 1.56 bits per heavy atom. The molecule has 2 atom stereocenters. The Morgan fingerprint density at radius 2 is 2.28 bits per heavy atom. The molecule has 0 bridgehead atoms. The van der Waals surface area contributed by atoms with Crippen molar-refractivity contribution in [3.8, 4) is 0 Å². The molecular formula is C10H15N3O4S. The molecule has 18 heavy (non-hydrogen) atoms. The highest BCUT2D eigenvalue weighted by Gasteiger charge is 2.33. The zero-order valence-corrected chi connectivity index (χ0v) is 10.7. The molecule has 0 aliphatic heterocycles. The molecule has 1 saturated carbocycles. The highest BCUT2D eigenvalue weighted by Crippen LogP contribution is 2.27. The Bertz CT molecular complexity index is 551. The van der Waals surface area contributed by atoms with Gasteiger partial charge in [0.15, 0.2) is 0 Å². The summed E-state index contributed by atoms with van der Waals surface area (Å²) in [6.07, 6.45) is 2.65. The van der Waals surface area contributed by atoms with Crippen LogP contribution >= 0.6 is 0 Å². The molecule has 0 saturated heterocycles. The summed E-state index contributed by atoms with van der Waals surface area (Å²) in [6, 6.07) is -0.314. The number of nitrogens with one attached hydrogen (secondary N) is 2. The van der Waals surface area contributed by atoms with E-state index in [1.165, 1.54) is 6.20 Å². The molecule has 1 heterocycles. The van der Waals surface area contributed by atoms with Gasteiger partial charge < -0.3 is 5.11 Å². The maximum Gasteiger partial charge on any atom is 0.306 e. The molecule has 100 valence electrons. The van der Waals surface area contributed by atoms with E-state index in [1.54, 1.807) is 6.92 Å². The van der Waals surface area contributed by atoms with Gasteiger partial charge in [0.25, 0.3) is 0 Å². The van der Waals surface area contributed by atoms with E-state index in [-0.39, 0.29) is 10.9 Å². The lowest BCUT2D eigenvalue weighted by Crippen LogP contribution is -2.33. The molecule has 1 aromatic rings. The Hall–Kier alpha value is -1.41. The summed E-state index contributed by atoms with van der Waals surface area (Å²) in [5.74, 6) is -1.32. The maximum atomic E-state index is 12.0. The number of aromatic nitrogens is 2. The summed E-state index contributed by atoms with van der Waals surface area (Å²) in [7, 11) is -3.62. The van der Waals surface area contributed by atoms with Crippen LogP contribution in [-0.4, -0.2) is 35.7 Å². The Labute approximate surface area is 105 Å². The van der Waals surface area contributed by atoms with E-state index >= 15 is 0 Å². The van der Waals surface area contributed by atoms with Crippen molar-refractivity contribution in [2.24, 2.45) is 5.92 Å². The Balaban J connectivity index is 2.07. The fraction of sp³-hybridized carbons (Fsp3) is 0.600. The molecule has 7 nitrogen and oxygen atoms in total. The number of aliphatic carboxylic acids is 1.